The Labute approximate surface area is 61.2 Å². The van der Waals surface area contributed by atoms with Gasteiger partial charge in [-0.05, 0) is 20.3 Å². The Morgan fingerprint density at radius 1 is 1.70 bits per heavy atom. The summed E-state index contributed by atoms with van der Waals surface area (Å²) < 4.78 is 0. The maximum Gasteiger partial charge on any atom is 0.129 e. The molecule has 0 fully saturated rings. The standard InChI is InChI=1S/C7H15NO2/c1-5(9)3-4-7(8)6(2)10/h6-7,10H,3-4,8H2,1-2H3. The normalized spacial score (nSPS) is 16.4. The monoisotopic (exact) mass is 145 g/mol. The molecule has 3 nitrogen and oxygen atoms in total. The van der Waals surface area contributed by atoms with Gasteiger partial charge in [0, 0.05) is 12.5 Å². The summed E-state index contributed by atoms with van der Waals surface area (Å²) in [5, 5.41) is 8.90. The summed E-state index contributed by atoms with van der Waals surface area (Å²) in [6.07, 6.45) is 0.526. The van der Waals surface area contributed by atoms with Gasteiger partial charge < -0.3 is 15.6 Å². The van der Waals surface area contributed by atoms with E-state index in [1.807, 2.05) is 0 Å². The number of aliphatic hydroxyl groups excluding tert-OH is 1. The van der Waals surface area contributed by atoms with E-state index in [1.165, 1.54) is 6.92 Å². The Morgan fingerprint density at radius 2 is 2.20 bits per heavy atom. The zero-order chi connectivity index (χ0) is 8.15. The number of ketones is 1. The minimum atomic E-state index is -0.514. The highest BCUT2D eigenvalue weighted by Gasteiger charge is 2.08. The SMILES string of the molecule is CC(=O)CCC(N)C(C)O. The van der Waals surface area contributed by atoms with E-state index in [2.05, 4.69) is 0 Å². The molecule has 0 bridgehead atoms. The lowest BCUT2D eigenvalue weighted by atomic mass is 10.1. The molecule has 2 unspecified atom stereocenters. The van der Waals surface area contributed by atoms with Gasteiger partial charge in [-0.15, -0.1) is 0 Å². The molecule has 0 aromatic carbocycles. The summed E-state index contributed by atoms with van der Waals surface area (Å²) >= 11 is 0. The molecule has 0 heterocycles. The van der Waals surface area contributed by atoms with Gasteiger partial charge in [-0.3, -0.25) is 0 Å². The van der Waals surface area contributed by atoms with Crippen molar-refractivity contribution in [1.82, 2.24) is 0 Å². The number of carbonyl (C=O) groups is 1. The van der Waals surface area contributed by atoms with Gasteiger partial charge in [0.05, 0.1) is 6.10 Å². The average molecular weight is 145 g/mol. The van der Waals surface area contributed by atoms with Crippen LogP contribution in [0.5, 0.6) is 0 Å². The molecule has 0 aliphatic heterocycles. The summed E-state index contributed by atoms with van der Waals surface area (Å²) in [6.45, 7) is 3.15. The Hall–Kier alpha value is -0.410. The molecular weight excluding hydrogens is 130 g/mol. The van der Waals surface area contributed by atoms with Crippen LogP contribution in [-0.2, 0) is 4.79 Å². The lowest BCUT2D eigenvalue weighted by Crippen LogP contribution is -2.32. The van der Waals surface area contributed by atoms with E-state index in [1.54, 1.807) is 6.92 Å². The molecule has 0 amide bonds. The van der Waals surface area contributed by atoms with Crippen LogP contribution in [-0.4, -0.2) is 23.0 Å². The molecule has 0 radical (unpaired) electrons. The second kappa shape index (κ2) is 4.41. The van der Waals surface area contributed by atoms with Crippen LogP contribution >= 0.6 is 0 Å². The van der Waals surface area contributed by atoms with E-state index in [-0.39, 0.29) is 11.8 Å². The molecule has 60 valence electrons. The number of nitrogens with two attached hydrogens (primary N) is 1. The van der Waals surface area contributed by atoms with Gasteiger partial charge in [0.2, 0.25) is 0 Å². The van der Waals surface area contributed by atoms with Crippen LogP contribution in [0.3, 0.4) is 0 Å². The van der Waals surface area contributed by atoms with Crippen molar-refractivity contribution in [3.8, 4) is 0 Å². The molecule has 2 atom stereocenters. The molecule has 10 heavy (non-hydrogen) atoms. The smallest absolute Gasteiger partial charge is 0.129 e. The first-order chi connectivity index (χ1) is 4.54. The average Bonchev–Trinajstić information content (AvgIpc) is 1.82. The number of hydrogen-bond acceptors (Lipinski definition) is 3. The molecule has 3 heteroatoms. The fraction of sp³-hybridized carbons (Fsp3) is 0.857. The van der Waals surface area contributed by atoms with Crippen molar-refractivity contribution in [2.24, 2.45) is 5.73 Å². The number of hydrogen-bond donors (Lipinski definition) is 2. The first kappa shape index (κ1) is 9.59. The number of aliphatic hydroxyl groups is 1. The molecule has 0 saturated carbocycles. The van der Waals surface area contributed by atoms with Gasteiger partial charge in [-0.25, -0.2) is 0 Å². The topological polar surface area (TPSA) is 63.3 Å². The van der Waals surface area contributed by atoms with E-state index < -0.39 is 6.10 Å². The van der Waals surface area contributed by atoms with Crippen LogP contribution in [0.1, 0.15) is 26.7 Å². The van der Waals surface area contributed by atoms with Crippen molar-refractivity contribution >= 4 is 5.78 Å². The molecule has 0 aromatic heterocycles. The fourth-order valence-electron chi connectivity index (χ4n) is 0.611. The molecule has 0 aromatic rings. The first-order valence-electron chi connectivity index (χ1n) is 3.47. The third-order valence-corrected chi connectivity index (χ3v) is 1.45. The van der Waals surface area contributed by atoms with E-state index in [4.69, 9.17) is 10.8 Å². The van der Waals surface area contributed by atoms with Gasteiger partial charge in [0.25, 0.3) is 0 Å². The van der Waals surface area contributed by atoms with Crippen molar-refractivity contribution in [2.45, 2.75) is 38.8 Å². The highest BCUT2D eigenvalue weighted by atomic mass is 16.3. The highest BCUT2D eigenvalue weighted by molar-refractivity contribution is 5.75. The molecule has 0 aliphatic rings. The van der Waals surface area contributed by atoms with Gasteiger partial charge in [-0.1, -0.05) is 0 Å². The van der Waals surface area contributed by atoms with Crippen molar-refractivity contribution in [1.29, 1.82) is 0 Å². The molecule has 0 saturated heterocycles. The minimum absolute atomic E-state index is 0.121. The molecule has 0 aliphatic carbocycles. The lowest BCUT2D eigenvalue weighted by Gasteiger charge is -2.12. The summed E-state index contributed by atoms with van der Waals surface area (Å²) in [4.78, 5) is 10.4. The van der Waals surface area contributed by atoms with E-state index >= 15 is 0 Å². The van der Waals surface area contributed by atoms with Crippen molar-refractivity contribution in [3.05, 3.63) is 0 Å². The van der Waals surface area contributed by atoms with E-state index in [0.29, 0.717) is 12.8 Å². The second-order valence-electron chi connectivity index (χ2n) is 2.65. The van der Waals surface area contributed by atoms with Crippen LogP contribution in [0.2, 0.25) is 0 Å². The van der Waals surface area contributed by atoms with Crippen molar-refractivity contribution in [3.63, 3.8) is 0 Å². The van der Waals surface area contributed by atoms with Crippen LogP contribution in [0.25, 0.3) is 0 Å². The van der Waals surface area contributed by atoms with Gasteiger partial charge in [0.15, 0.2) is 0 Å². The highest BCUT2D eigenvalue weighted by Crippen LogP contribution is 1.99. The lowest BCUT2D eigenvalue weighted by molar-refractivity contribution is -0.117. The maximum absolute atomic E-state index is 10.4. The van der Waals surface area contributed by atoms with Crippen LogP contribution < -0.4 is 5.73 Å². The predicted molar refractivity (Wildman–Crippen MR) is 39.6 cm³/mol. The number of carbonyl (C=O) groups excluding carboxylic acids is 1. The van der Waals surface area contributed by atoms with Crippen LogP contribution in [0.4, 0.5) is 0 Å². The Morgan fingerprint density at radius 3 is 2.50 bits per heavy atom. The molecule has 0 rings (SSSR count). The Bertz CT molecular complexity index is 112. The zero-order valence-electron chi connectivity index (χ0n) is 6.50. The summed E-state index contributed by atoms with van der Waals surface area (Å²) in [6, 6.07) is -0.260. The molecule has 0 spiro atoms. The first-order valence-corrected chi connectivity index (χ1v) is 3.47. The zero-order valence-corrected chi connectivity index (χ0v) is 6.50. The third-order valence-electron chi connectivity index (χ3n) is 1.45. The summed E-state index contributed by atoms with van der Waals surface area (Å²) in [5.41, 5.74) is 5.46. The minimum Gasteiger partial charge on any atom is -0.392 e. The quantitative estimate of drug-likeness (QED) is 0.588. The Kier molecular flexibility index (Phi) is 4.23. The Balaban J connectivity index is 3.39. The fourth-order valence-corrected chi connectivity index (χ4v) is 0.611. The number of Topliss-reactive ketones (excluding diaryl/α,β-unsaturated/α-hetero) is 1. The predicted octanol–water partition coefficient (Wildman–Crippen LogP) is 0.0637. The van der Waals surface area contributed by atoms with E-state index in [0.717, 1.165) is 0 Å². The van der Waals surface area contributed by atoms with Gasteiger partial charge >= 0.3 is 0 Å². The maximum atomic E-state index is 10.4. The van der Waals surface area contributed by atoms with E-state index in [9.17, 15) is 4.79 Å². The summed E-state index contributed by atoms with van der Waals surface area (Å²) in [5.74, 6) is 0.121. The number of rotatable bonds is 4. The largest absolute Gasteiger partial charge is 0.392 e. The molecular formula is C7H15NO2. The van der Waals surface area contributed by atoms with Crippen LogP contribution in [0.15, 0.2) is 0 Å². The van der Waals surface area contributed by atoms with Crippen LogP contribution in [0, 0.1) is 0 Å². The molecule has 3 N–H and O–H groups in total. The van der Waals surface area contributed by atoms with Crippen molar-refractivity contribution in [2.75, 3.05) is 0 Å². The van der Waals surface area contributed by atoms with Crippen molar-refractivity contribution < 1.29 is 9.90 Å². The second-order valence-corrected chi connectivity index (χ2v) is 2.65. The third kappa shape index (κ3) is 4.47. The van der Waals surface area contributed by atoms with Gasteiger partial charge in [0.1, 0.15) is 5.78 Å². The summed E-state index contributed by atoms with van der Waals surface area (Å²) in [7, 11) is 0. The van der Waals surface area contributed by atoms with Gasteiger partial charge in [-0.2, -0.15) is 0 Å².